The van der Waals surface area contributed by atoms with Gasteiger partial charge in [0.05, 0.1) is 21.9 Å². The summed E-state index contributed by atoms with van der Waals surface area (Å²) in [6, 6.07) is 8.45. The number of nitrogens with zero attached hydrogens (tertiary/aromatic N) is 3. The number of alkyl halides is 2. The normalized spacial score (nSPS) is 20.9. The van der Waals surface area contributed by atoms with Gasteiger partial charge >= 0.3 is 0 Å². The first kappa shape index (κ1) is 24.0. The second kappa shape index (κ2) is 8.77. The highest BCUT2D eigenvalue weighted by Gasteiger charge is 2.52. The molecule has 2 aliphatic rings. The van der Waals surface area contributed by atoms with Crippen LogP contribution in [-0.2, 0) is 21.8 Å². The quantitative estimate of drug-likeness (QED) is 0.520. The van der Waals surface area contributed by atoms with Gasteiger partial charge in [-0.2, -0.15) is 0 Å². The molecule has 13 heteroatoms. The molecular formula is C22H21ClF3N5O3S. The largest absolute Gasteiger partial charge is 0.420 e. The molecular weight excluding hydrogens is 507 g/mol. The number of nitrogens with one attached hydrogen (secondary N) is 1. The van der Waals surface area contributed by atoms with E-state index < -0.39 is 33.5 Å². The number of anilines is 1. The van der Waals surface area contributed by atoms with Crippen molar-refractivity contribution in [2.45, 2.75) is 29.3 Å². The lowest BCUT2D eigenvalue weighted by molar-refractivity contribution is 0.000775. The first-order valence-electron chi connectivity index (χ1n) is 10.7. The predicted octanol–water partition coefficient (Wildman–Crippen LogP) is 2.76. The molecule has 0 spiro atoms. The third kappa shape index (κ3) is 4.28. The highest BCUT2D eigenvalue weighted by atomic mass is 35.5. The van der Waals surface area contributed by atoms with E-state index >= 15 is 4.39 Å². The first-order valence-corrected chi connectivity index (χ1v) is 12.8. The fourth-order valence-corrected chi connectivity index (χ4v) is 6.06. The average molecular weight is 528 g/mol. The summed E-state index contributed by atoms with van der Waals surface area (Å²) < 4.78 is 73.9. The Kier molecular flexibility index (Phi) is 6.02. The van der Waals surface area contributed by atoms with E-state index in [-0.39, 0.29) is 59.9 Å². The fraction of sp³-hybridized carbons (Fsp3) is 0.364. The van der Waals surface area contributed by atoms with E-state index in [1.54, 1.807) is 29.2 Å². The van der Waals surface area contributed by atoms with E-state index in [1.165, 1.54) is 6.07 Å². The van der Waals surface area contributed by atoms with E-state index in [1.807, 2.05) is 0 Å². The van der Waals surface area contributed by atoms with E-state index in [0.29, 0.717) is 5.02 Å². The van der Waals surface area contributed by atoms with Crippen LogP contribution in [0.25, 0.3) is 11.5 Å². The molecule has 3 aromatic rings. The Bertz CT molecular complexity index is 1360. The molecule has 2 aliphatic heterocycles. The number of nitrogens with two attached hydrogens (primary N) is 1. The molecule has 35 heavy (non-hydrogen) atoms. The second-order valence-corrected chi connectivity index (χ2v) is 11.3. The van der Waals surface area contributed by atoms with Crippen molar-refractivity contribution >= 4 is 27.1 Å². The summed E-state index contributed by atoms with van der Waals surface area (Å²) in [4.78, 5) is 1.51. The number of benzene rings is 2. The number of halogens is 4. The molecule has 0 saturated carbocycles. The third-order valence-electron chi connectivity index (χ3n) is 6.28. The molecule has 2 aromatic carbocycles. The van der Waals surface area contributed by atoms with Gasteiger partial charge in [-0.1, -0.05) is 23.7 Å². The van der Waals surface area contributed by atoms with Crippen molar-refractivity contribution in [2.24, 2.45) is 5.73 Å². The molecule has 1 fully saturated rings. The van der Waals surface area contributed by atoms with Crippen LogP contribution in [0.4, 0.5) is 18.9 Å². The molecule has 3 heterocycles. The minimum Gasteiger partial charge on any atom is -0.420 e. The van der Waals surface area contributed by atoms with E-state index in [2.05, 4.69) is 15.5 Å². The molecule has 186 valence electrons. The Morgan fingerprint density at radius 2 is 1.94 bits per heavy atom. The van der Waals surface area contributed by atoms with Crippen molar-refractivity contribution in [1.29, 1.82) is 0 Å². The molecule has 0 aliphatic carbocycles. The summed E-state index contributed by atoms with van der Waals surface area (Å²) in [5.41, 5.74) is 5.30. The van der Waals surface area contributed by atoms with Gasteiger partial charge in [-0.05, 0) is 29.8 Å². The van der Waals surface area contributed by atoms with Crippen LogP contribution in [0.2, 0.25) is 5.02 Å². The van der Waals surface area contributed by atoms with Gasteiger partial charge in [-0.3, -0.25) is 0 Å². The van der Waals surface area contributed by atoms with Gasteiger partial charge in [0.2, 0.25) is 5.89 Å². The number of hydrogen-bond donors (Lipinski definition) is 2. The van der Waals surface area contributed by atoms with E-state index in [0.717, 1.165) is 11.6 Å². The van der Waals surface area contributed by atoms with Crippen LogP contribution < -0.4 is 16.0 Å². The standard InChI is InChI=1S/C22H21ClF3N5O3S/c23-13-3-1-12(2-4-13)7-31-8-14(27)9-35(32,33)18-6-16(24)15(5-17(18)31)19-29-30-21(34-19)22(20(25)26)10-28-11-22/h1-6,14,20,28H,7-11,27H2/t14-/m1/s1. The van der Waals surface area contributed by atoms with Crippen LogP contribution in [0.5, 0.6) is 0 Å². The van der Waals surface area contributed by atoms with Crippen LogP contribution in [0.3, 0.4) is 0 Å². The fourth-order valence-electron chi connectivity index (χ4n) is 4.30. The van der Waals surface area contributed by atoms with Gasteiger partial charge in [-0.25, -0.2) is 21.6 Å². The zero-order valence-electron chi connectivity index (χ0n) is 18.2. The van der Waals surface area contributed by atoms with E-state index in [9.17, 15) is 17.2 Å². The highest BCUT2D eigenvalue weighted by molar-refractivity contribution is 7.91. The van der Waals surface area contributed by atoms with Crippen molar-refractivity contribution in [3.8, 4) is 11.5 Å². The Balaban J connectivity index is 1.59. The van der Waals surface area contributed by atoms with Crippen molar-refractivity contribution in [3.05, 3.63) is 58.7 Å². The number of sulfone groups is 1. The minimum absolute atomic E-state index is 0.0516. The molecule has 0 bridgehead atoms. The molecule has 5 rings (SSSR count). The lowest BCUT2D eigenvalue weighted by Crippen LogP contribution is -2.61. The second-order valence-electron chi connectivity index (χ2n) is 8.82. The summed E-state index contributed by atoms with van der Waals surface area (Å²) in [5.74, 6) is -1.90. The van der Waals surface area contributed by atoms with Crippen molar-refractivity contribution in [2.75, 3.05) is 30.3 Å². The minimum atomic E-state index is -3.91. The maximum absolute atomic E-state index is 15.2. The van der Waals surface area contributed by atoms with Crippen molar-refractivity contribution in [1.82, 2.24) is 15.5 Å². The number of hydrogen-bond acceptors (Lipinski definition) is 8. The topological polar surface area (TPSA) is 114 Å². The van der Waals surface area contributed by atoms with Crippen molar-refractivity contribution < 1.29 is 26.0 Å². The Labute approximate surface area is 204 Å². The van der Waals surface area contributed by atoms with Gasteiger partial charge in [0.1, 0.15) is 11.2 Å². The molecule has 1 aromatic heterocycles. The summed E-state index contributed by atoms with van der Waals surface area (Å²) in [6.45, 7) is 0.344. The Hall–Kier alpha value is -2.67. The van der Waals surface area contributed by atoms with Crippen LogP contribution >= 0.6 is 11.6 Å². The first-order chi connectivity index (χ1) is 16.6. The SMILES string of the molecule is N[C@@H]1CN(Cc2ccc(Cl)cc2)c2cc(-c3nnc(C4(C(F)F)CNC4)o3)c(F)cc2S(=O)(=O)C1. The van der Waals surface area contributed by atoms with Crippen molar-refractivity contribution in [3.63, 3.8) is 0 Å². The molecule has 8 nitrogen and oxygen atoms in total. The van der Waals surface area contributed by atoms with Gasteiger partial charge in [-0.15, -0.1) is 10.2 Å². The Morgan fingerprint density at radius 1 is 1.23 bits per heavy atom. The van der Waals surface area contributed by atoms with Gasteiger partial charge in [0.15, 0.2) is 9.84 Å². The zero-order valence-corrected chi connectivity index (χ0v) is 19.8. The summed E-state index contributed by atoms with van der Waals surface area (Å²) in [7, 11) is -3.91. The molecule has 1 saturated heterocycles. The molecule has 1 atom stereocenters. The van der Waals surface area contributed by atoms with Crippen LogP contribution in [0.1, 0.15) is 11.5 Å². The van der Waals surface area contributed by atoms with Crippen LogP contribution in [-0.4, -0.2) is 56.5 Å². The highest BCUT2D eigenvalue weighted by Crippen LogP contribution is 2.39. The molecule has 3 N–H and O–H groups in total. The number of fused-ring (bicyclic) bond motifs is 1. The van der Waals surface area contributed by atoms with E-state index in [4.69, 9.17) is 21.8 Å². The van der Waals surface area contributed by atoms with Gasteiger partial charge in [0.25, 0.3) is 12.3 Å². The van der Waals surface area contributed by atoms with Crippen LogP contribution in [0, 0.1) is 5.82 Å². The number of rotatable bonds is 5. The monoisotopic (exact) mass is 527 g/mol. The van der Waals surface area contributed by atoms with Crippen LogP contribution in [0.15, 0.2) is 45.7 Å². The third-order valence-corrected chi connectivity index (χ3v) is 8.40. The molecule has 0 radical (unpaired) electrons. The maximum atomic E-state index is 15.2. The lowest BCUT2D eigenvalue weighted by atomic mass is 9.82. The molecule has 0 amide bonds. The molecule has 0 unspecified atom stereocenters. The summed E-state index contributed by atoms with van der Waals surface area (Å²) in [6.07, 6.45) is -2.75. The smallest absolute Gasteiger partial charge is 0.255 e. The summed E-state index contributed by atoms with van der Waals surface area (Å²) >= 11 is 5.97. The summed E-state index contributed by atoms with van der Waals surface area (Å²) in [5, 5.41) is 10.8. The van der Waals surface area contributed by atoms with Gasteiger partial charge in [0, 0.05) is 37.2 Å². The Morgan fingerprint density at radius 3 is 2.57 bits per heavy atom. The average Bonchev–Trinajstić information content (AvgIpc) is 3.19. The predicted molar refractivity (Wildman–Crippen MR) is 123 cm³/mol. The zero-order chi connectivity index (χ0) is 25.0. The maximum Gasteiger partial charge on any atom is 0.255 e. The lowest BCUT2D eigenvalue weighted by Gasteiger charge is -2.38. The number of aromatic nitrogens is 2. The van der Waals surface area contributed by atoms with Gasteiger partial charge < -0.3 is 20.4 Å².